The summed E-state index contributed by atoms with van der Waals surface area (Å²) in [5, 5.41) is 6.52. The Hall–Kier alpha value is -4.00. The van der Waals surface area contributed by atoms with Gasteiger partial charge in [0.05, 0.1) is 29.6 Å². The van der Waals surface area contributed by atoms with Crippen molar-refractivity contribution in [3.8, 4) is 5.75 Å². The van der Waals surface area contributed by atoms with Crippen molar-refractivity contribution in [3.05, 3.63) is 95.3 Å². The molecule has 6 nitrogen and oxygen atoms in total. The molecule has 0 radical (unpaired) electrons. The number of hydrazone groups is 1. The van der Waals surface area contributed by atoms with Crippen LogP contribution in [0, 0.1) is 5.82 Å². The second kappa shape index (κ2) is 9.97. The molecule has 2 amide bonds. The van der Waals surface area contributed by atoms with Gasteiger partial charge in [-0.25, -0.2) is 9.82 Å². The maximum absolute atomic E-state index is 13.8. The summed E-state index contributed by atoms with van der Waals surface area (Å²) in [6, 6.07) is 19.3. The number of amides is 2. The van der Waals surface area contributed by atoms with Crippen molar-refractivity contribution < 1.29 is 18.7 Å². The Bertz CT molecular complexity index is 1070. The van der Waals surface area contributed by atoms with Crippen LogP contribution in [0.5, 0.6) is 5.75 Å². The van der Waals surface area contributed by atoms with E-state index in [9.17, 15) is 14.0 Å². The molecule has 3 aromatic rings. The first-order valence-corrected chi connectivity index (χ1v) is 9.29. The minimum Gasteiger partial charge on any atom is -0.494 e. The van der Waals surface area contributed by atoms with E-state index in [1.807, 2.05) is 19.1 Å². The molecule has 30 heavy (non-hydrogen) atoms. The lowest BCUT2D eigenvalue weighted by Crippen LogP contribution is -2.21. The number of carbonyl (C=O) groups is 2. The van der Waals surface area contributed by atoms with Crippen LogP contribution in [-0.2, 0) is 0 Å². The number of carbonyl (C=O) groups excluding carboxylic acids is 2. The highest BCUT2D eigenvalue weighted by molar-refractivity contribution is 6.09. The van der Waals surface area contributed by atoms with Gasteiger partial charge in [-0.2, -0.15) is 5.10 Å². The zero-order valence-electron chi connectivity index (χ0n) is 16.3. The Morgan fingerprint density at radius 3 is 2.30 bits per heavy atom. The number of halogens is 1. The fraction of sp³-hybridized carbons (Fsp3) is 0.0870. The van der Waals surface area contributed by atoms with Gasteiger partial charge < -0.3 is 10.1 Å². The Morgan fingerprint density at radius 1 is 0.933 bits per heavy atom. The highest BCUT2D eigenvalue weighted by Gasteiger charge is 2.15. The first kappa shape index (κ1) is 20.7. The van der Waals surface area contributed by atoms with Gasteiger partial charge in [0.15, 0.2) is 0 Å². The third-order valence-electron chi connectivity index (χ3n) is 4.11. The molecule has 0 saturated heterocycles. The molecule has 0 heterocycles. The van der Waals surface area contributed by atoms with Crippen molar-refractivity contribution in [2.45, 2.75) is 6.92 Å². The minimum absolute atomic E-state index is 0.110. The number of anilines is 1. The smallest absolute Gasteiger partial charge is 0.273 e. The van der Waals surface area contributed by atoms with E-state index < -0.39 is 17.6 Å². The third kappa shape index (κ3) is 5.29. The summed E-state index contributed by atoms with van der Waals surface area (Å²) >= 11 is 0. The topological polar surface area (TPSA) is 79.8 Å². The van der Waals surface area contributed by atoms with Gasteiger partial charge in [-0.3, -0.25) is 9.59 Å². The fourth-order valence-electron chi connectivity index (χ4n) is 2.67. The summed E-state index contributed by atoms with van der Waals surface area (Å²) in [5.74, 6) is -1.05. The molecule has 0 aromatic heterocycles. The quantitative estimate of drug-likeness (QED) is 0.456. The lowest BCUT2D eigenvalue weighted by molar-refractivity contribution is 0.0956. The van der Waals surface area contributed by atoms with Crippen LogP contribution in [0.2, 0.25) is 0 Å². The normalized spacial score (nSPS) is 10.6. The molecule has 7 heteroatoms. The average Bonchev–Trinajstić information content (AvgIpc) is 2.76. The van der Waals surface area contributed by atoms with Crippen LogP contribution in [0.3, 0.4) is 0 Å². The van der Waals surface area contributed by atoms with Crippen molar-refractivity contribution in [3.63, 3.8) is 0 Å². The van der Waals surface area contributed by atoms with Gasteiger partial charge in [0.1, 0.15) is 11.6 Å². The minimum atomic E-state index is -0.647. The Morgan fingerprint density at radius 2 is 1.60 bits per heavy atom. The van der Waals surface area contributed by atoms with Crippen LogP contribution in [0.1, 0.15) is 33.2 Å². The van der Waals surface area contributed by atoms with Gasteiger partial charge in [0.25, 0.3) is 11.8 Å². The first-order valence-electron chi connectivity index (χ1n) is 9.29. The second-order valence-electron chi connectivity index (χ2n) is 6.18. The van der Waals surface area contributed by atoms with Crippen LogP contribution < -0.4 is 15.5 Å². The number of hydrogen-bond donors (Lipinski definition) is 2. The molecule has 0 aliphatic carbocycles. The van der Waals surface area contributed by atoms with Crippen molar-refractivity contribution in [1.82, 2.24) is 5.43 Å². The van der Waals surface area contributed by atoms with E-state index in [0.29, 0.717) is 6.61 Å². The van der Waals surface area contributed by atoms with E-state index in [2.05, 4.69) is 15.8 Å². The number of benzene rings is 3. The molecule has 152 valence electrons. The van der Waals surface area contributed by atoms with E-state index in [-0.39, 0.29) is 16.8 Å². The van der Waals surface area contributed by atoms with Gasteiger partial charge in [0, 0.05) is 0 Å². The molecule has 0 fully saturated rings. The Kier molecular flexibility index (Phi) is 6.89. The molecule has 0 saturated carbocycles. The summed E-state index contributed by atoms with van der Waals surface area (Å²) in [4.78, 5) is 24.9. The van der Waals surface area contributed by atoms with E-state index in [4.69, 9.17) is 4.74 Å². The summed E-state index contributed by atoms with van der Waals surface area (Å²) < 4.78 is 19.2. The summed E-state index contributed by atoms with van der Waals surface area (Å²) in [7, 11) is 0. The molecule has 0 bridgehead atoms. The third-order valence-corrected chi connectivity index (χ3v) is 4.11. The molecule has 3 aromatic carbocycles. The number of para-hydroxylation sites is 1. The average molecular weight is 405 g/mol. The zero-order chi connectivity index (χ0) is 21.3. The molecule has 0 aliphatic rings. The van der Waals surface area contributed by atoms with Gasteiger partial charge in [-0.1, -0.05) is 24.3 Å². The van der Waals surface area contributed by atoms with Gasteiger partial charge >= 0.3 is 0 Å². The van der Waals surface area contributed by atoms with Gasteiger partial charge in [-0.15, -0.1) is 0 Å². The summed E-state index contributed by atoms with van der Waals surface area (Å²) in [6.45, 7) is 2.48. The predicted octanol–water partition coefficient (Wildman–Crippen LogP) is 4.24. The molecule has 0 unspecified atom stereocenters. The SMILES string of the molecule is CCOc1ccc(/C=N\NC(=O)c2ccccc2NC(=O)c2ccccc2F)cc1. The van der Waals surface area contributed by atoms with Crippen molar-refractivity contribution in [2.75, 3.05) is 11.9 Å². The molecule has 0 spiro atoms. The largest absolute Gasteiger partial charge is 0.494 e. The van der Waals surface area contributed by atoms with Crippen molar-refractivity contribution in [2.24, 2.45) is 5.10 Å². The maximum Gasteiger partial charge on any atom is 0.273 e. The number of nitrogens with one attached hydrogen (secondary N) is 2. The van der Waals surface area contributed by atoms with Gasteiger partial charge in [-0.05, 0) is 61.0 Å². The van der Waals surface area contributed by atoms with E-state index in [0.717, 1.165) is 11.3 Å². The molecule has 0 atom stereocenters. The highest BCUT2D eigenvalue weighted by Crippen LogP contribution is 2.17. The van der Waals surface area contributed by atoms with E-state index in [1.54, 1.807) is 42.5 Å². The van der Waals surface area contributed by atoms with E-state index in [1.165, 1.54) is 24.4 Å². The van der Waals surface area contributed by atoms with Crippen LogP contribution in [0.4, 0.5) is 10.1 Å². The zero-order valence-corrected chi connectivity index (χ0v) is 16.3. The van der Waals surface area contributed by atoms with Crippen LogP contribution in [-0.4, -0.2) is 24.6 Å². The molecule has 2 N–H and O–H groups in total. The summed E-state index contributed by atoms with van der Waals surface area (Å²) in [5.41, 5.74) is 3.54. The number of hydrogen-bond acceptors (Lipinski definition) is 4. The highest BCUT2D eigenvalue weighted by atomic mass is 19.1. The predicted molar refractivity (Wildman–Crippen MR) is 113 cm³/mol. The number of rotatable bonds is 7. The lowest BCUT2D eigenvalue weighted by Gasteiger charge is -2.10. The van der Waals surface area contributed by atoms with Crippen molar-refractivity contribution in [1.29, 1.82) is 0 Å². The number of nitrogens with zero attached hydrogens (tertiary/aromatic N) is 1. The lowest BCUT2D eigenvalue weighted by atomic mass is 10.1. The van der Waals surface area contributed by atoms with E-state index >= 15 is 0 Å². The maximum atomic E-state index is 13.8. The van der Waals surface area contributed by atoms with Crippen molar-refractivity contribution >= 4 is 23.7 Å². The van der Waals surface area contributed by atoms with Crippen LogP contribution >= 0.6 is 0 Å². The fourth-order valence-corrected chi connectivity index (χ4v) is 2.67. The molecular weight excluding hydrogens is 385 g/mol. The monoisotopic (exact) mass is 405 g/mol. The van der Waals surface area contributed by atoms with Gasteiger partial charge in [0.2, 0.25) is 0 Å². The molecular formula is C23H20FN3O3. The van der Waals surface area contributed by atoms with Crippen LogP contribution in [0.25, 0.3) is 0 Å². The summed E-state index contributed by atoms with van der Waals surface area (Å²) in [6.07, 6.45) is 1.49. The number of ether oxygens (including phenoxy) is 1. The Balaban J connectivity index is 1.68. The molecule has 3 rings (SSSR count). The standard InChI is InChI=1S/C23H20FN3O3/c1-2-30-17-13-11-16(12-14-17)15-25-27-23(29)19-8-4-6-10-21(19)26-22(28)18-7-3-5-9-20(18)24/h3-15H,2H2,1H3,(H,26,28)(H,27,29)/b25-15-. The second-order valence-corrected chi connectivity index (χ2v) is 6.18. The first-order chi connectivity index (χ1) is 14.6. The van der Waals surface area contributed by atoms with Crippen LogP contribution in [0.15, 0.2) is 77.9 Å². The Labute approximate surface area is 173 Å². The molecule has 0 aliphatic heterocycles.